The number of rotatable bonds is 7. The summed E-state index contributed by atoms with van der Waals surface area (Å²) < 4.78 is 0. The van der Waals surface area contributed by atoms with E-state index >= 15 is 0 Å². The first-order valence-electron chi connectivity index (χ1n) is 11.5. The van der Waals surface area contributed by atoms with Crippen LogP contribution in [-0.4, -0.2) is 53.8 Å². The topological polar surface area (TPSA) is 125 Å². The summed E-state index contributed by atoms with van der Waals surface area (Å²) in [6.45, 7) is 1.64. The van der Waals surface area contributed by atoms with E-state index in [-0.39, 0.29) is 42.6 Å². The van der Waals surface area contributed by atoms with E-state index < -0.39 is 5.54 Å². The lowest BCUT2D eigenvalue weighted by molar-refractivity contribution is -0.131. The molecule has 1 aromatic carbocycles. The molecule has 3 aliphatic rings. The Balaban J connectivity index is 1.29. The highest BCUT2D eigenvalue weighted by atomic mass is 16.2. The Kier molecular flexibility index (Phi) is 6.34. The average Bonchev–Trinajstić information content (AvgIpc) is 3.34. The molecule has 0 aromatic heterocycles. The van der Waals surface area contributed by atoms with Gasteiger partial charge in [0.25, 0.3) is 5.91 Å². The lowest BCUT2D eigenvalue weighted by Crippen LogP contribution is -2.44. The second-order valence-electron chi connectivity index (χ2n) is 9.01. The number of anilines is 2. The number of carbonyl (C=O) groups excluding carboxylic acids is 4. The molecule has 4 N–H and O–H groups in total. The molecular formula is C23H31N5O4. The molecular weight excluding hydrogens is 410 g/mol. The quantitative estimate of drug-likeness (QED) is 0.558. The monoisotopic (exact) mass is 441 g/mol. The number of piperidine rings is 1. The van der Waals surface area contributed by atoms with E-state index in [1.807, 2.05) is 24.3 Å². The van der Waals surface area contributed by atoms with Crippen LogP contribution in [0.15, 0.2) is 24.3 Å². The molecule has 1 aliphatic carbocycles. The van der Waals surface area contributed by atoms with Crippen LogP contribution >= 0.6 is 0 Å². The van der Waals surface area contributed by atoms with E-state index in [0.717, 1.165) is 24.2 Å². The van der Waals surface area contributed by atoms with Crippen molar-refractivity contribution in [2.24, 2.45) is 11.7 Å². The summed E-state index contributed by atoms with van der Waals surface area (Å²) in [5.74, 6) is -0.658. The number of benzene rings is 1. The molecule has 0 radical (unpaired) electrons. The van der Waals surface area contributed by atoms with E-state index in [2.05, 4.69) is 15.5 Å². The lowest BCUT2D eigenvalue weighted by Gasteiger charge is -2.33. The Labute approximate surface area is 187 Å². The predicted molar refractivity (Wildman–Crippen MR) is 120 cm³/mol. The number of imide groups is 1. The fraction of sp³-hybridized carbons (Fsp3) is 0.565. The van der Waals surface area contributed by atoms with Crippen LogP contribution in [0.1, 0.15) is 51.4 Å². The number of hydrogen-bond donors (Lipinski definition) is 3. The summed E-state index contributed by atoms with van der Waals surface area (Å²) in [5.41, 5.74) is 6.35. The van der Waals surface area contributed by atoms with Gasteiger partial charge in [0.15, 0.2) is 0 Å². The smallest absolute Gasteiger partial charge is 0.325 e. The van der Waals surface area contributed by atoms with Crippen LogP contribution in [0.4, 0.5) is 16.2 Å². The van der Waals surface area contributed by atoms with Gasteiger partial charge in [-0.3, -0.25) is 19.3 Å². The number of para-hydroxylation sites is 2. The molecule has 4 rings (SSSR count). The third kappa shape index (κ3) is 4.42. The van der Waals surface area contributed by atoms with Gasteiger partial charge in [-0.25, -0.2) is 4.79 Å². The first-order valence-corrected chi connectivity index (χ1v) is 11.5. The molecule has 2 saturated heterocycles. The molecule has 1 saturated carbocycles. The zero-order valence-corrected chi connectivity index (χ0v) is 18.3. The maximum Gasteiger partial charge on any atom is 0.325 e. The van der Waals surface area contributed by atoms with E-state index in [1.165, 1.54) is 4.90 Å². The van der Waals surface area contributed by atoms with Crippen molar-refractivity contribution in [1.82, 2.24) is 10.2 Å². The Hall–Kier alpha value is -3.10. The first kappa shape index (κ1) is 22.1. The van der Waals surface area contributed by atoms with E-state index in [9.17, 15) is 19.2 Å². The van der Waals surface area contributed by atoms with Crippen LogP contribution in [0.5, 0.6) is 0 Å². The molecule has 0 bridgehead atoms. The van der Waals surface area contributed by atoms with E-state index in [4.69, 9.17) is 5.73 Å². The molecule has 0 atom stereocenters. The number of carbonyl (C=O) groups is 4. The summed E-state index contributed by atoms with van der Waals surface area (Å²) in [5, 5.41) is 5.83. The van der Waals surface area contributed by atoms with Crippen molar-refractivity contribution in [3.05, 3.63) is 24.3 Å². The zero-order valence-electron chi connectivity index (χ0n) is 18.3. The second kappa shape index (κ2) is 9.18. The predicted octanol–water partition coefficient (Wildman–Crippen LogP) is 1.97. The van der Waals surface area contributed by atoms with Crippen LogP contribution in [0, 0.1) is 5.92 Å². The minimum atomic E-state index is -0.708. The van der Waals surface area contributed by atoms with Gasteiger partial charge in [-0.1, -0.05) is 25.0 Å². The molecule has 3 fully saturated rings. The zero-order chi connectivity index (χ0) is 22.7. The Morgan fingerprint density at radius 2 is 1.81 bits per heavy atom. The van der Waals surface area contributed by atoms with Gasteiger partial charge < -0.3 is 21.3 Å². The van der Waals surface area contributed by atoms with Crippen LogP contribution in [0.25, 0.3) is 0 Å². The standard InChI is InChI=1S/C23H31N5O4/c24-20(30)16-9-14-27(15-10-16)18-7-2-1-6-17(18)25-19(29)8-5-13-28-21(31)23(26-22(28)32)11-3-4-12-23/h1-2,6-7,16H,3-5,8-15H2,(H2,24,30)(H,25,29)(H,26,32). The number of urea groups is 1. The van der Waals surface area contributed by atoms with Gasteiger partial charge in [-0.2, -0.15) is 0 Å². The number of amides is 5. The number of primary amides is 1. The van der Waals surface area contributed by atoms with Crippen molar-refractivity contribution in [1.29, 1.82) is 0 Å². The second-order valence-corrected chi connectivity index (χ2v) is 9.01. The van der Waals surface area contributed by atoms with Crippen molar-refractivity contribution in [3.8, 4) is 0 Å². The van der Waals surface area contributed by atoms with Crippen LogP contribution in [0.3, 0.4) is 0 Å². The molecule has 2 heterocycles. The summed E-state index contributed by atoms with van der Waals surface area (Å²) in [4.78, 5) is 52.4. The van der Waals surface area contributed by atoms with Crippen molar-refractivity contribution < 1.29 is 19.2 Å². The van der Waals surface area contributed by atoms with Crippen molar-refractivity contribution >= 4 is 35.1 Å². The molecule has 32 heavy (non-hydrogen) atoms. The van der Waals surface area contributed by atoms with Gasteiger partial charge in [0.05, 0.1) is 11.4 Å². The van der Waals surface area contributed by atoms with Gasteiger partial charge >= 0.3 is 6.03 Å². The molecule has 2 aliphatic heterocycles. The summed E-state index contributed by atoms with van der Waals surface area (Å²) in [6.07, 6.45) is 5.30. The minimum Gasteiger partial charge on any atom is -0.370 e. The Morgan fingerprint density at radius 1 is 1.12 bits per heavy atom. The van der Waals surface area contributed by atoms with Crippen molar-refractivity contribution in [2.75, 3.05) is 29.9 Å². The molecule has 5 amide bonds. The van der Waals surface area contributed by atoms with Gasteiger partial charge in [-0.05, 0) is 44.2 Å². The SMILES string of the molecule is NC(=O)C1CCN(c2ccccc2NC(=O)CCCN2C(=O)NC3(CCCC3)C2=O)CC1. The van der Waals surface area contributed by atoms with Gasteiger partial charge in [0.1, 0.15) is 5.54 Å². The molecule has 1 spiro atoms. The largest absolute Gasteiger partial charge is 0.370 e. The molecule has 9 heteroatoms. The lowest BCUT2D eigenvalue weighted by atomic mass is 9.96. The maximum atomic E-state index is 12.7. The Morgan fingerprint density at radius 3 is 2.50 bits per heavy atom. The van der Waals surface area contributed by atoms with Crippen molar-refractivity contribution in [2.45, 2.75) is 56.9 Å². The van der Waals surface area contributed by atoms with E-state index in [1.54, 1.807) is 0 Å². The number of nitrogens with one attached hydrogen (secondary N) is 2. The molecule has 0 unspecified atom stereocenters. The Bertz CT molecular complexity index is 903. The van der Waals surface area contributed by atoms with Crippen LogP contribution < -0.4 is 21.3 Å². The highest BCUT2D eigenvalue weighted by molar-refractivity contribution is 6.07. The summed E-state index contributed by atoms with van der Waals surface area (Å²) in [6, 6.07) is 7.25. The van der Waals surface area contributed by atoms with E-state index in [0.29, 0.717) is 45.2 Å². The third-order valence-electron chi connectivity index (χ3n) is 6.90. The van der Waals surface area contributed by atoms with Gasteiger partial charge in [0, 0.05) is 32.0 Å². The normalized spacial score (nSPS) is 20.6. The molecule has 9 nitrogen and oxygen atoms in total. The van der Waals surface area contributed by atoms with Gasteiger partial charge in [-0.15, -0.1) is 0 Å². The summed E-state index contributed by atoms with van der Waals surface area (Å²) >= 11 is 0. The molecule has 1 aromatic rings. The minimum absolute atomic E-state index is 0.0955. The van der Waals surface area contributed by atoms with Crippen LogP contribution in [-0.2, 0) is 14.4 Å². The highest BCUT2D eigenvalue weighted by Gasteiger charge is 2.52. The fourth-order valence-corrected chi connectivity index (χ4v) is 5.07. The summed E-state index contributed by atoms with van der Waals surface area (Å²) in [7, 11) is 0. The maximum absolute atomic E-state index is 12.7. The fourth-order valence-electron chi connectivity index (χ4n) is 5.07. The average molecular weight is 442 g/mol. The molecule has 172 valence electrons. The number of nitrogens with two attached hydrogens (primary N) is 1. The highest BCUT2D eigenvalue weighted by Crippen LogP contribution is 2.35. The number of hydrogen-bond acceptors (Lipinski definition) is 5. The first-order chi connectivity index (χ1) is 15.4. The number of nitrogens with zero attached hydrogens (tertiary/aromatic N) is 2. The van der Waals surface area contributed by atoms with Crippen LogP contribution in [0.2, 0.25) is 0 Å². The third-order valence-corrected chi connectivity index (χ3v) is 6.90. The van der Waals surface area contributed by atoms with Gasteiger partial charge in [0.2, 0.25) is 11.8 Å². The van der Waals surface area contributed by atoms with Crippen molar-refractivity contribution in [3.63, 3.8) is 0 Å².